The Labute approximate surface area is 99.2 Å². The van der Waals surface area contributed by atoms with Crippen molar-refractivity contribution in [3.8, 4) is 0 Å². The van der Waals surface area contributed by atoms with E-state index >= 15 is 0 Å². The molecule has 15 heavy (non-hydrogen) atoms. The first-order chi connectivity index (χ1) is 7.25. The molecule has 0 amide bonds. The summed E-state index contributed by atoms with van der Waals surface area (Å²) in [7, 11) is 0. The molecular weight excluding hydrogens is 204 g/mol. The fourth-order valence-electron chi connectivity index (χ4n) is 2.26. The van der Waals surface area contributed by atoms with Crippen LogP contribution in [-0.4, -0.2) is 48.1 Å². The van der Waals surface area contributed by atoms with Gasteiger partial charge in [0.1, 0.15) is 0 Å². The Morgan fingerprint density at radius 3 is 3.00 bits per heavy atom. The maximum Gasteiger partial charge on any atom is 0.0161 e. The quantitative estimate of drug-likeness (QED) is 0.704. The topological polar surface area (TPSA) is 15.3 Å². The van der Waals surface area contributed by atoms with E-state index in [-0.39, 0.29) is 0 Å². The highest BCUT2D eigenvalue weighted by molar-refractivity contribution is 7.99. The van der Waals surface area contributed by atoms with Crippen LogP contribution in [0.5, 0.6) is 0 Å². The number of hydrogen-bond donors (Lipinski definition) is 1. The summed E-state index contributed by atoms with van der Waals surface area (Å²) in [5.41, 5.74) is 0. The van der Waals surface area contributed by atoms with Gasteiger partial charge in [-0.25, -0.2) is 0 Å². The molecule has 0 aromatic heterocycles. The predicted molar refractivity (Wildman–Crippen MR) is 70.7 cm³/mol. The van der Waals surface area contributed by atoms with Crippen molar-refractivity contribution in [2.24, 2.45) is 0 Å². The molecule has 2 atom stereocenters. The SMILES string of the molecule is CCNCCCC(C)N1CCSCC1C. The molecule has 0 spiro atoms. The van der Waals surface area contributed by atoms with E-state index in [0.717, 1.165) is 18.6 Å². The largest absolute Gasteiger partial charge is 0.317 e. The van der Waals surface area contributed by atoms with E-state index < -0.39 is 0 Å². The van der Waals surface area contributed by atoms with E-state index in [2.05, 4.69) is 42.7 Å². The van der Waals surface area contributed by atoms with Crippen LogP contribution in [0.15, 0.2) is 0 Å². The Balaban J connectivity index is 2.16. The Hall–Kier alpha value is 0.270. The lowest BCUT2D eigenvalue weighted by atomic mass is 10.1. The van der Waals surface area contributed by atoms with E-state index in [1.807, 2.05) is 0 Å². The summed E-state index contributed by atoms with van der Waals surface area (Å²) in [5.74, 6) is 2.64. The molecule has 0 bridgehead atoms. The van der Waals surface area contributed by atoms with Crippen molar-refractivity contribution in [2.45, 2.75) is 45.7 Å². The summed E-state index contributed by atoms with van der Waals surface area (Å²) in [5, 5.41) is 3.40. The smallest absolute Gasteiger partial charge is 0.0161 e. The van der Waals surface area contributed by atoms with Crippen molar-refractivity contribution in [3.63, 3.8) is 0 Å². The van der Waals surface area contributed by atoms with Crippen LogP contribution in [0.1, 0.15) is 33.6 Å². The lowest BCUT2D eigenvalue weighted by Gasteiger charge is -2.37. The van der Waals surface area contributed by atoms with Gasteiger partial charge in [0, 0.05) is 30.1 Å². The molecule has 0 aromatic rings. The first-order valence-corrected chi connectivity index (χ1v) is 7.45. The van der Waals surface area contributed by atoms with Gasteiger partial charge in [-0.2, -0.15) is 11.8 Å². The molecule has 0 aromatic carbocycles. The van der Waals surface area contributed by atoms with Crippen LogP contribution in [0.3, 0.4) is 0 Å². The maximum absolute atomic E-state index is 3.40. The van der Waals surface area contributed by atoms with Crippen LogP contribution in [0.4, 0.5) is 0 Å². The average molecular weight is 230 g/mol. The molecule has 0 saturated carbocycles. The molecule has 1 heterocycles. The Morgan fingerprint density at radius 1 is 1.53 bits per heavy atom. The summed E-state index contributed by atoms with van der Waals surface area (Å²) >= 11 is 2.10. The molecule has 1 N–H and O–H groups in total. The minimum absolute atomic E-state index is 0.763. The molecule has 2 unspecified atom stereocenters. The molecule has 1 fully saturated rings. The van der Waals surface area contributed by atoms with Gasteiger partial charge < -0.3 is 5.32 Å². The molecule has 2 nitrogen and oxygen atoms in total. The Kier molecular flexibility index (Phi) is 6.69. The second kappa shape index (κ2) is 7.53. The maximum atomic E-state index is 3.40. The fraction of sp³-hybridized carbons (Fsp3) is 1.00. The van der Waals surface area contributed by atoms with Gasteiger partial charge in [0.15, 0.2) is 0 Å². The van der Waals surface area contributed by atoms with E-state index in [1.54, 1.807) is 0 Å². The number of nitrogens with one attached hydrogen (secondary N) is 1. The molecule has 0 aliphatic carbocycles. The van der Waals surface area contributed by atoms with E-state index in [1.165, 1.54) is 37.4 Å². The predicted octanol–water partition coefficient (Wildman–Crippen LogP) is 2.20. The van der Waals surface area contributed by atoms with Gasteiger partial charge in [-0.05, 0) is 39.8 Å². The highest BCUT2D eigenvalue weighted by Gasteiger charge is 2.22. The zero-order chi connectivity index (χ0) is 11.1. The summed E-state index contributed by atoms with van der Waals surface area (Å²) in [6, 6.07) is 1.54. The van der Waals surface area contributed by atoms with Crippen molar-refractivity contribution >= 4 is 11.8 Å². The summed E-state index contributed by atoms with van der Waals surface area (Å²) in [4.78, 5) is 2.68. The number of nitrogens with zero attached hydrogens (tertiary/aromatic N) is 1. The van der Waals surface area contributed by atoms with Gasteiger partial charge in [0.2, 0.25) is 0 Å². The molecule has 0 radical (unpaired) electrons. The third-order valence-electron chi connectivity index (χ3n) is 3.21. The third kappa shape index (κ3) is 4.75. The van der Waals surface area contributed by atoms with Crippen molar-refractivity contribution in [1.29, 1.82) is 0 Å². The number of hydrogen-bond acceptors (Lipinski definition) is 3. The second-order valence-corrected chi connectivity index (χ2v) is 5.66. The highest BCUT2D eigenvalue weighted by Crippen LogP contribution is 2.20. The van der Waals surface area contributed by atoms with Crippen molar-refractivity contribution in [1.82, 2.24) is 10.2 Å². The molecule has 1 aliphatic heterocycles. The van der Waals surface area contributed by atoms with Gasteiger partial charge in [-0.3, -0.25) is 4.90 Å². The van der Waals surface area contributed by atoms with E-state index in [4.69, 9.17) is 0 Å². The van der Waals surface area contributed by atoms with Crippen molar-refractivity contribution in [3.05, 3.63) is 0 Å². The summed E-state index contributed by atoms with van der Waals surface area (Å²) in [6.45, 7) is 10.5. The standard InChI is InChI=1S/C12H26N2S/c1-4-13-7-5-6-11(2)14-8-9-15-10-12(14)3/h11-13H,4-10H2,1-3H3. The van der Waals surface area contributed by atoms with Gasteiger partial charge in [-0.15, -0.1) is 0 Å². The average Bonchev–Trinajstić information content (AvgIpc) is 2.25. The second-order valence-electron chi connectivity index (χ2n) is 4.51. The minimum atomic E-state index is 0.763. The van der Waals surface area contributed by atoms with Gasteiger partial charge in [-0.1, -0.05) is 6.92 Å². The monoisotopic (exact) mass is 230 g/mol. The van der Waals surface area contributed by atoms with Crippen LogP contribution in [0.2, 0.25) is 0 Å². The van der Waals surface area contributed by atoms with Crippen LogP contribution < -0.4 is 5.32 Å². The first-order valence-electron chi connectivity index (χ1n) is 6.30. The fourth-order valence-corrected chi connectivity index (χ4v) is 3.30. The summed E-state index contributed by atoms with van der Waals surface area (Å²) < 4.78 is 0. The number of rotatable bonds is 6. The van der Waals surface area contributed by atoms with E-state index in [0.29, 0.717) is 0 Å². The van der Waals surface area contributed by atoms with Crippen molar-refractivity contribution in [2.75, 3.05) is 31.1 Å². The Bertz CT molecular complexity index is 164. The van der Waals surface area contributed by atoms with E-state index in [9.17, 15) is 0 Å². The van der Waals surface area contributed by atoms with Crippen LogP contribution in [-0.2, 0) is 0 Å². The van der Waals surface area contributed by atoms with Crippen LogP contribution in [0, 0.1) is 0 Å². The zero-order valence-corrected chi connectivity index (χ0v) is 11.3. The van der Waals surface area contributed by atoms with Crippen LogP contribution in [0.25, 0.3) is 0 Å². The Morgan fingerprint density at radius 2 is 2.33 bits per heavy atom. The molecule has 1 saturated heterocycles. The first kappa shape index (κ1) is 13.3. The van der Waals surface area contributed by atoms with Gasteiger partial charge >= 0.3 is 0 Å². The molecule has 1 aliphatic rings. The molecule has 90 valence electrons. The summed E-state index contributed by atoms with van der Waals surface area (Å²) in [6.07, 6.45) is 2.65. The molecule has 3 heteroatoms. The minimum Gasteiger partial charge on any atom is -0.317 e. The lowest BCUT2D eigenvalue weighted by Crippen LogP contribution is -2.45. The van der Waals surface area contributed by atoms with Gasteiger partial charge in [0.25, 0.3) is 0 Å². The van der Waals surface area contributed by atoms with Crippen LogP contribution >= 0.6 is 11.8 Å². The highest BCUT2D eigenvalue weighted by atomic mass is 32.2. The van der Waals surface area contributed by atoms with Crippen molar-refractivity contribution < 1.29 is 0 Å². The molecular formula is C12H26N2S. The van der Waals surface area contributed by atoms with Gasteiger partial charge in [0.05, 0.1) is 0 Å². The normalized spacial score (nSPS) is 25.4. The zero-order valence-electron chi connectivity index (χ0n) is 10.5. The lowest BCUT2D eigenvalue weighted by molar-refractivity contribution is 0.163. The molecule has 1 rings (SSSR count). The number of thioether (sulfide) groups is 1. The third-order valence-corrected chi connectivity index (χ3v) is 4.40.